The van der Waals surface area contributed by atoms with Crippen LogP contribution in [-0.4, -0.2) is 93.4 Å². The van der Waals surface area contributed by atoms with Crippen LogP contribution < -0.4 is 15.0 Å². The number of piperazine rings is 1. The monoisotopic (exact) mass is 502 g/mol. The van der Waals surface area contributed by atoms with Gasteiger partial charge in [0, 0.05) is 52.4 Å². The summed E-state index contributed by atoms with van der Waals surface area (Å²) in [5.74, 6) is 0.271. The second kappa shape index (κ2) is 11.4. The normalized spacial score (nSPS) is 18.1. The molecule has 10 heteroatoms. The Morgan fingerprint density at radius 1 is 1.03 bits per heavy atom. The lowest BCUT2D eigenvalue weighted by Crippen LogP contribution is -2.48. The lowest BCUT2D eigenvalue weighted by molar-refractivity contribution is -0.123. The van der Waals surface area contributed by atoms with E-state index in [1.165, 1.54) is 21.7 Å². The fraction of sp³-hybridized carbons (Fsp3) is 0.480. The summed E-state index contributed by atoms with van der Waals surface area (Å²) in [6, 6.07) is 15.8. The number of ether oxygens (including phenoxy) is 1. The molecule has 35 heavy (non-hydrogen) atoms. The molecule has 0 aromatic heterocycles. The highest BCUT2D eigenvalue weighted by molar-refractivity contribution is 7.88. The molecule has 190 valence electrons. The van der Waals surface area contributed by atoms with Gasteiger partial charge in [0.25, 0.3) is 5.91 Å². The standard InChI is InChI=1S/C25H34N4O5S/c1-35(32,33)29-14-12-28(13-15-29)23-8-4-5-9-24(23)34-19-25(31)26-16-22(30)18-27-11-10-20-6-2-3-7-21(20)17-27/h2-9,22,30H,10-19H2,1H3,(H,26,31). The summed E-state index contributed by atoms with van der Waals surface area (Å²) in [7, 11) is -3.20. The number of fused-ring (bicyclic) bond motifs is 1. The molecule has 4 rings (SSSR count). The number of aliphatic hydroxyl groups excluding tert-OH is 1. The van der Waals surface area contributed by atoms with E-state index in [0.29, 0.717) is 38.5 Å². The highest BCUT2D eigenvalue weighted by Gasteiger charge is 2.25. The third kappa shape index (κ3) is 6.94. The first kappa shape index (κ1) is 25.4. The molecule has 1 amide bonds. The maximum atomic E-state index is 12.4. The van der Waals surface area contributed by atoms with E-state index in [1.54, 1.807) is 6.07 Å². The Morgan fingerprint density at radius 3 is 2.46 bits per heavy atom. The van der Waals surface area contributed by atoms with E-state index in [2.05, 4.69) is 33.3 Å². The molecule has 1 fully saturated rings. The van der Waals surface area contributed by atoms with E-state index in [0.717, 1.165) is 25.2 Å². The topological polar surface area (TPSA) is 102 Å². The number of hydrogen-bond donors (Lipinski definition) is 2. The summed E-state index contributed by atoms with van der Waals surface area (Å²) in [6.07, 6.45) is 1.52. The van der Waals surface area contributed by atoms with Crippen molar-refractivity contribution in [3.8, 4) is 5.75 Å². The molecular formula is C25H34N4O5S. The number of amides is 1. The zero-order valence-electron chi connectivity index (χ0n) is 20.1. The number of nitrogens with one attached hydrogen (secondary N) is 1. The second-order valence-corrected chi connectivity index (χ2v) is 11.1. The van der Waals surface area contributed by atoms with Crippen molar-refractivity contribution in [2.75, 3.05) is 63.6 Å². The van der Waals surface area contributed by atoms with Gasteiger partial charge in [-0.3, -0.25) is 9.69 Å². The second-order valence-electron chi connectivity index (χ2n) is 9.12. The molecule has 0 bridgehead atoms. The molecule has 2 heterocycles. The molecular weight excluding hydrogens is 468 g/mol. The molecule has 1 atom stereocenters. The lowest BCUT2D eigenvalue weighted by atomic mass is 10.00. The lowest BCUT2D eigenvalue weighted by Gasteiger charge is -2.35. The van der Waals surface area contributed by atoms with Crippen molar-refractivity contribution < 1.29 is 23.1 Å². The van der Waals surface area contributed by atoms with Gasteiger partial charge in [0.05, 0.1) is 18.0 Å². The van der Waals surface area contributed by atoms with E-state index < -0.39 is 16.1 Å². The molecule has 2 aliphatic rings. The first-order valence-corrected chi connectivity index (χ1v) is 13.8. The van der Waals surface area contributed by atoms with Gasteiger partial charge in [-0.15, -0.1) is 0 Å². The summed E-state index contributed by atoms with van der Waals surface area (Å²) < 4.78 is 30.8. The van der Waals surface area contributed by atoms with E-state index in [9.17, 15) is 18.3 Å². The van der Waals surface area contributed by atoms with Crippen molar-refractivity contribution in [2.24, 2.45) is 0 Å². The van der Waals surface area contributed by atoms with Gasteiger partial charge in [-0.2, -0.15) is 4.31 Å². The average molecular weight is 503 g/mol. The van der Waals surface area contributed by atoms with E-state index in [4.69, 9.17) is 4.74 Å². The molecule has 2 aliphatic heterocycles. The predicted octanol–water partition coefficient (Wildman–Crippen LogP) is 0.682. The Bertz CT molecular complexity index is 1120. The number of rotatable bonds is 9. The average Bonchev–Trinajstić information content (AvgIpc) is 2.86. The molecule has 0 spiro atoms. The maximum absolute atomic E-state index is 12.4. The molecule has 2 N–H and O–H groups in total. The molecule has 1 saturated heterocycles. The quantitative estimate of drug-likeness (QED) is 0.520. The van der Waals surface area contributed by atoms with Crippen LogP contribution in [0.2, 0.25) is 0 Å². The van der Waals surface area contributed by atoms with Crippen LogP contribution >= 0.6 is 0 Å². The number of nitrogens with zero attached hydrogens (tertiary/aromatic N) is 3. The van der Waals surface area contributed by atoms with Crippen molar-refractivity contribution in [1.29, 1.82) is 0 Å². The molecule has 2 aromatic rings. The third-order valence-electron chi connectivity index (χ3n) is 6.49. The number of carbonyl (C=O) groups is 1. The zero-order valence-corrected chi connectivity index (χ0v) is 20.9. The van der Waals surface area contributed by atoms with Crippen LogP contribution in [0.3, 0.4) is 0 Å². The summed E-state index contributed by atoms with van der Waals surface area (Å²) in [5, 5.41) is 13.2. The third-order valence-corrected chi connectivity index (χ3v) is 7.79. The number of carbonyl (C=O) groups excluding carboxylic acids is 1. The van der Waals surface area contributed by atoms with Gasteiger partial charge in [0.2, 0.25) is 10.0 Å². The van der Waals surface area contributed by atoms with Crippen LogP contribution in [0.25, 0.3) is 0 Å². The number of anilines is 1. The minimum absolute atomic E-state index is 0.162. The number of hydrogen-bond acceptors (Lipinski definition) is 7. The molecule has 2 aromatic carbocycles. The minimum atomic E-state index is -3.20. The fourth-order valence-electron chi connectivity index (χ4n) is 4.60. The highest BCUT2D eigenvalue weighted by atomic mass is 32.2. The summed E-state index contributed by atoms with van der Waals surface area (Å²) in [4.78, 5) is 16.6. The van der Waals surface area contributed by atoms with E-state index in [-0.39, 0.29) is 19.1 Å². The van der Waals surface area contributed by atoms with Crippen molar-refractivity contribution in [2.45, 2.75) is 19.1 Å². The Hall–Kier alpha value is -2.66. The SMILES string of the molecule is CS(=O)(=O)N1CCN(c2ccccc2OCC(=O)NCC(O)CN2CCc3ccccc3C2)CC1. The molecule has 0 aliphatic carbocycles. The first-order chi connectivity index (χ1) is 16.8. The van der Waals surface area contributed by atoms with Gasteiger partial charge < -0.3 is 20.1 Å². The summed E-state index contributed by atoms with van der Waals surface area (Å²) in [5.41, 5.74) is 3.49. The summed E-state index contributed by atoms with van der Waals surface area (Å²) in [6.45, 7) is 4.11. The Morgan fingerprint density at radius 2 is 1.71 bits per heavy atom. The van der Waals surface area contributed by atoms with Crippen LogP contribution in [0.15, 0.2) is 48.5 Å². The van der Waals surface area contributed by atoms with Crippen LogP contribution in [0.5, 0.6) is 5.75 Å². The van der Waals surface area contributed by atoms with Crippen LogP contribution in [0.1, 0.15) is 11.1 Å². The number of benzene rings is 2. The van der Waals surface area contributed by atoms with Crippen LogP contribution in [0, 0.1) is 0 Å². The summed E-state index contributed by atoms with van der Waals surface area (Å²) >= 11 is 0. The smallest absolute Gasteiger partial charge is 0.258 e. The number of para-hydroxylation sites is 2. The van der Waals surface area contributed by atoms with Crippen molar-refractivity contribution in [1.82, 2.24) is 14.5 Å². The van der Waals surface area contributed by atoms with Gasteiger partial charge in [0.1, 0.15) is 5.75 Å². The Kier molecular flexibility index (Phi) is 8.27. The van der Waals surface area contributed by atoms with Gasteiger partial charge in [0.15, 0.2) is 6.61 Å². The molecule has 0 radical (unpaired) electrons. The fourth-order valence-corrected chi connectivity index (χ4v) is 5.43. The number of aliphatic hydroxyl groups is 1. The Balaban J connectivity index is 1.22. The number of sulfonamides is 1. The van der Waals surface area contributed by atoms with E-state index >= 15 is 0 Å². The van der Waals surface area contributed by atoms with Gasteiger partial charge in [-0.25, -0.2) is 8.42 Å². The highest BCUT2D eigenvalue weighted by Crippen LogP contribution is 2.29. The van der Waals surface area contributed by atoms with E-state index in [1.807, 2.05) is 24.3 Å². The predicted molar refractivity (Wildman–Crippen MR) is 135 cm³/mol. The zero-order chi connectivity index (χ0) is 24.8. The Labute approximate surface area is 207 Å². The largest absolute Gasteiger partial charge is 0.482 e. The van der Waals surface area contributed by atoms with Crippen LogP contribution in [0.4, 0.5) is 5.69 Å². The van der Waals surface area contributed by atoms with Gasteiger partial charge in [-0.05, 0) is 29.7 Å². The van der Waals surface area contributed by atoms with Crippen LogP contribution in [-0.2, 0) is 27.8 Å². The van der Waals surface area contributed by atoms with Gasteiger partial charge in [-0.1, -0.05) is 36.4 Å². The first-order valence-electron chi connectivity index (χ1n) is 12.0. The van der Waals surface area contributed by atoms with Crippen molar-refractivity contribution in [3.05, 3.63) is 59.7 Å². The molecule has 0 saturated carbocycles. The molecule has 9 nitrogen and oxygen atoms in total. The van der Waals surface area contributed by atoms with Crippen molar-refractivity contribution >= 4 is 21.6 Å². The number of β-amino-alcohol motifs (C(OH)–C–C–N with tert-alkyl or cyclic N) is 1. The molecule has 1 unspecified atom stereocenters. The van der Waals surface area contributed by atoms with Crippen molar-refractivity contribution in [3.63, 3.8) is 0 Å². The minimum Gasteiger partial charge on any atom is -0.482 e. The maximum Gasteiger partial charge on any atom is 0.258 e. The van der Waals surface area contributed by atoms with Gasteiger partial charge >= 0.3 is 0 Å².